The summed E-state index contributed by atoms with van der Waals surface area (Å²) in [4.78, 5) is 49.2. The molecular weight excluding hydrogens is 384 g/mol. The Morgan fingerprint density at radius 2 is 0.800 bits per heavy atom. The topological polar surface area (TPSA) is 94.6 Å². The van der Waals surface area contributed by atoms with E-state index < -0.39 is 22.5 Å². The molecule has 7 rings (SSSR count). The summed E-state index contributed by atoms with van der Waals surface area (Å²) in [6.45, 7) is 0. The Hall–Kier alpha value is -4.32. The Kier molecular flexibility index (Phi) is 2.50. The molecule has 6 heteroatoms. The van der Waals surface area contributed by atoms with Crippen LogP contribution in [0.1, 0.15) is 0 Å². The molecule has 5 aromatic carbocycles. The van der Waals surface area contributed by atoms with E-state index in [-0.39, 0.29) is 21.5 Å². The Balaban J connectivity index is 1.97. The molecule has 2 aromatic heterocycles. The van der Waals surface area contributed by atoms with Gasteiger partial charge in [0, 0.05) is 0 Å². The Labute approximate surface area is 164 Å². The van der Waals surface area contributed by atoms with Gasteiger partial charge in [0.25, 0.3) is 0 Å². The van der Waals surface area contributed by atoms with E-state index in [1.807, 2.05) is 12.1 Å². The van der Waals surface area contributed by atoms with Gasteiger partial charge in [0.05, 0.1) is 21.5 Å². The van der Waals surface area contributed by atoms with Gasteiger partial charge in [0.15, 0.2) is 0 Å². The van der Waals surface area contributed by atoms with Crippen molar-refractivity contribution in [2.24, 2.45) is 0 Å². The van der Waals surface area contributed by atoms with Crippen molar-refractivity contribution in [1.82, 2.24) is 0 Å². The van der Waals surface area contributed by atoms with Gasteiger partial charge in [-0.25, -0.2) is 19.2 Å². The third-order valence-corrected chi connectivity index (χ3v) is 6.12. The average Bonchev–Trinajstić information content (AvgIpc) is 3.20. The molecule has 0 aliphatic heterocycles. The molecule has 0 aliphatic rings. The molecule has 7 aromatic rings. The van der Waals surface area contributed by atoms with E-state index in [1.165, 1.54) is 0 Å². The lowest BCUT2D eigenvalue weighted by Crippen LogP contribution is -1.95. The third kappa shape index (κ3) is 1.58. The lowest BCUT2D eigenvalue weighted by molar-refractivity contribution is 0.500. The fourth-order valence-electron chi connectivity index (χ4n) is 4.99. The molecule has 0 unspecified atom stereocenters. The first-order chi connectivity index (χ1) is 14.5. The summed E-state index contributed by atoms with van der Waals surface area (Å²) < 4.78 is 9.72. The zero-order valence-corrected chi connectivity index (χ0v) is 15.1. The van der Waals surface area contributed by atoms with E-state index in [9.17, 15) is 19.2 Å². The minimum Gasteiger partial charge on any atom is -0.386 e. The number of rotatable bonds is 0. The predicted molar refractivity (Wildman–Crippen MR) is 115 cm³/mol. The number of furan rings is 2. The fourth-order valence-corrected chi connectivity index (χ4v) is 4.99. The van der Waals surface area contributed by atoms with Gasteiger partial charge in [-0.3, -0.25) is 0 Å². The van der Waals surface area contributed by atoms with Crippen LogP contribution in [-0.4, -0.2) is 0 Å². The van der Waals surface area contributed by atoms with Crippen LogP contribution in [0.2, 0.25) is 0 Å². The van der Waals surface area contributed by atoms with E-state index in [2.05, 4.69) is 0 Å². The Morgan fingerprint density at radius 1 is 0.400 bits per heavy atom. The molecule has 0 amide bonds. The standard InChI is InChI=1S/C24H8O6/c25-21-15-8-14-10-4-2-6-12-18(10)13(7-16-20(12)24(28)30-22(16)26)9-3-1-5-11(17(9)14)19(15)23(27)29-21/h1-8H. The van der Waals surface area contributed by atoms with E-state index in [0.717, 1.165) is 32.3 Å². The quantitative estimate of drug-likeness (QED) is 0.289. The number of fused-ring (bicyclic) bond motifs is 6. The van der Waals surface area contributed by atoms with Crippen molar-refractivity contribution in [2.75, 3.05) is 0 Å². The summed E-state index contributed by atoms with van der Waals surface area (Å²) in [5.74, 6) is 0. The SMILES string of the molecule is O=c1oc(=O)c2c1cc1c3cccc4c5c(=O)oc(=O)c5cc(c5cccc2c51)c34. The van der Waals surface area contributed by atoms with Crippen LogP contribution in [-0.2, 0) is 0 Å². The second kappa shape index (κ2) is 4.80. The molecule has 0 atom stereocenters. The van der Waals surface area contributed by atoms with Crippen molar-refractivity contribution in [3.63, 3.8) is 0 Å². The predicted octanol–water partition coefficient (Wildman–Crippen LogP) is 3.55. The first-order valence-electron chi connectivity index (χ1n) is 9.28. The molecule has 0 bridgehead atoms. The second-order valence-corrected chi connectivity index (χ2v) is 7.50. The summed E-state index contributed by atoms with van der Waals surface area (Å²) in [7, 11) is 0. The maximum Gasteiger partial charge on any atom is 0.347 e. The highest BCUT2D eigenvalue weighted by Crippen LogP contribution is 2.43. The third-order valence-electron chi connectivity index (χ3n) is 6.12. The summed E-state index contributed by atoms with van der Waals surface area (Å²) in [5.41, 5.74) is -2.66. The zero-order chi connectivity index (χ0) is 20.3. The highest BCUT2D eigenvalue weighted by atomic mass is 16.4. The maximum absolute atomic E-state index is 12.3. The van der Waals surface area contributed by atoms with Gasteiger partial charge in [-0.1, -0.05) is 36.4 Å². The average molecular weight is 392 g/mol. The number of hydrogen-bond donors (Lipinski definition) is 0. The van der Waals surface area contributed by atoms with E-state index in [0.29, 0.717) is 10.8 Å². The van der Waals surface area contributed by atoms with Crippen molar-refractivity contribution in [3.8, 4) is 0 Å². The van der Waals surface area contributed by atoms with Crippen LogP contribution in [0, 0.1) is 0 Å². The molecule has 0 saturated carbocycles. The first kappa shape index (κ1) is 15.6. The van der Waals surface area contributed by atoms with E-state index in [4.69, 9.17) is 8.83 Å². The summed E-state index contributed by atoms with van der Waals surface area (Å²) in [6, 6.07) is 14.3. The highest BCUT2D eigenvalue weighted by Gasteiger charge is 2.22. The van der Waals surface area contributed by atoms with Gasteiger partial charge in [-0.2, -0.15) is 0 Å². The molecule has 6 nitrogen and oxygen atoms in total. The molecule has 0 N–H and O–H groups in total. The molecule has 30 heavy (non-hydrogen) atoms. The van der Waals surface area contributed by atoms with Gasteiger partial charge < -0.3 is 8.83 Å². The minimum absolute atomic E-state index is 0.232. The number of benzene rings is 5. The monoisotopic (exact) mass is 392 g/mol. The first-order valence-corrected chi connectivity index (χ1v) is 9.28. The molecular formula is C24H8O6. The maximum atomic E-state index is 12.3. The fraction of sp³-hybridized carbons (Fsp3) is 0. The van der Waals surface area contributed by atoms with Crippen LogP contribution in [0.5, 0.6) is 0 Å². The molecule has 2 heterocycles. The lowest BCUT2D eigenvalue weighted by Gasteiger charge is -2.14. The van der Waals surface area contributed by atoms with Gasteiger partial charge in [-0.15, -0.1) is 0 Å². The normalized spacial score (nSPS) is 12.5. The summed E-state index contributed by atoms with van der Waals surface area (Å²) in [6.07, 6.45) is 0. The van der Waals surface area contributed by atoms with Crippen LogP contribution < -0.4 is 22.5 Å². The lowest BCUT2D eigenvalue weighted by atomic mass is 9.87. The second-order valence-electron chi connectivity index (χ2n) is 7.50. The van der Waals surface area contributed by atoms with Crippen LogP contribution in [0.25, 0.3) is 64.6 Å². The van der Waals surface area contributed by atoms with Crippen LogP contribution in [0.3, 0.4) is 0 Å². The molecule has 0 fully saturated rings. The van der Waals surface area contributed by atoms with Crippen LogP contribution >= 0.6 is 0 Å². The van der Waals surface area contributed by atoms with Gasteiger partial charge in [0.2, 0.25) is 0 Å². The van der Waals surface area contributed by atoms with Gasteiger partial charge in [0.1, 0.15) is 0 Å². The van der Waals surface area contributed by atoms with Crippen molar-refractivity contribution < 1.29 is 8.83 Å². The van der Waals surface area contributed by atoms with Crippen molar-refractivity contribution in [3.05, 3.63) is 90.2 Å². The number of hydrogen-bond acceptors (Lipinski definition) is 6. The molecule has 0 aliphatic carbocycles. The molecule has 0 saturated heterocycles. The van der Waals surface area contributed by atoms with Crippen molar-refractivity contribution >= 4 is 64.6 Å². The molecule has 0 spiro atoms. The van der Waals surface area contributed by atoms with Gasteiger partial charge >= 0.3 is 22.5 Å². The largest absolute Gasteiger partial charge is 0.386 e. The molecule has 140 valence electrons. The van der Waals surface area contributed by atoms with E-state index in [1.54, 1.807) is 36.4 Å². The van der Waals surface area contributed by atoms with Crippen molar-refractivity contribution in [1.29, 1.82) is 0 Å². The smallest absolute Gasteiger partial charge is 0.347 e. The van der Waals surface area contributed by atoms with Crippen molar-refractivity contribution in [2.45, 2.75) is 0 Å². The van der Waals surface area contributed by atoms with E-state index >= 15 is 0 Å². The summed E-state index contributed by atoms with van der Waals surface area (Å²) >= 11 is 0. The zero-order valence-electron chi connectivity index (χ0n) is 15.1. The van der Waals surface area contributed by atoms with Gasteiger partial charge in [-0.05, 0) is 55.2 Å². The highest BCUT2D eigenvalue weighted by molar-refractivity contribution is 6.38. The Bertz CT molecular complexity index is 1930. The molecule has 0 radical (unpaired) electrons. The minimum atomic E-state index is -0.667. The van der Waals surface area contributed by atoms with Crippen LogP contribution in [0.4, 0.5) is 0 Å². The summed E-state index contributed by atoms with van der Waals surface area (Å²) in [5, 5.41) is 7.03. The Morgan fingerprint density at radius 3 is 1.23 bits per heavy atom. The van der Waals surface area contributed by atoms with Crippen LogP contribution in [0.15, 0.2) is 76.5 Å².